The summed E-state index contributed by atoms with van der Waals surface area (Å²) in [6.45, 7) is 2.54. The number of amides is 1. The van der Waals surface area contributed by atoms with Crippen LogP contribution in [0.3, 0.4) is 0 Å². The Labute approximate surface area is 219 Å². The van der Waals surface area contributed by atoms with E-state index in [4.69, 9.17) is 0 Å². The van der Waals surface area contributed by atoms with Crippen LogP contribution >= 0.6 is 12.4 Å². The highest BCUT2D eigenvalue weighted by molar-refractivity contribution is 7.88. The number of halogens is 4. The van der Waals surface area contributed by atoms with Gasteiger partial charge in [0.2, 0.25) is 5.91 Å². The molecule has 0 spiro atoms. The van der Waals surface area contributed by atoms with Crippen molar-refractivity contribution in [3.05, 3.63) is 71.4 Å². The number of hydrogen-bond donors (Lipinski definition) is 2. The van der Waals surface area contributed by atoms with E-state index in [1.54, 1.807) is 12.1 Å². The third-order valence-corrected chi connectivity index (χ3v) is 6.97. The summed E-state index contributed by atoms with van der Waals surface area (Å²) in [6, 6.07) is 12.0. The third kappa shape index (κ3) is 7.27. The van der Waals surface area contributed by atoms with Crippen molar-refractivity contribution in [2.75, 3.05) is 19.6 Å². The standard InChI is InChI=1S/C25H26F3N3O4S.ClH/c26-25(27,28)36(33,34)35-21-9-7-18-11-14-31(17-20(18)15-21)13-4-3-12-29-24(32)10-8-19-16-30-23-6-2-1-5-22(19)23;/h1-2,5-10,15-16,30H,3-4,11-14,17H2,(H,29,32);1H/b10-8+;. The van der Waals surface area contributed by atoms with Gasteiger partial charge in [-0.1, -0.05) is 24.3 Å². The Morgan fingerprint density at radius 1 is 1.14 bits per heavy atom. The van der Waals surface area contributed by atoms with Gasteiger partial charge < -0.3 is 14.5 Å². The van der Waals surface area contributed by atoms with E-state index in [0.717, 1.165) is 53.5 Å². The van der Waals surface area contributed by atoms with E-state index >= 15 is 0 Å². The molecule has 2 N–H and O–H groups in total. The van der Waals surface area contributed by atoms with Gasteiger partial charge in [0.05, 0.1) is 0 Å². The van der Waals surface area contributed by atoms with Gasteiger partial charge in [0.1, 0.15) is 5.75 Å². The number of aromatic amines is 1. The molecule has 4 rings (SSSR count). The van der Waals surface area contributed by atoms with Gasteiger partial charge in [-0.15, -0.1) is 12.4 Å². The maximum atomic E-state index is 12.6. The fourth-order valence-corrected chi connectivity index (χ4v) is 4.59. The fourth-order valence-electron chi connectivity index (χ4n) is 4.14. The lowest BCUT2D eigenvalue weighted by Gasteiger charge is -2.29. The van der Waals surface area contributed by atoms with Crippen LogP contribution in [0.25, 0.3) is 17.0 Å². The Morgan fingerprint density at radius 2 is 1.92 bits per heavy atom. The average Bonchev–Trinajstić information content (AvgIpc) is 3.24. The van der Waals surface area contributed by atoms with E-state index in [1.807, 2.05) is 30.5 Å². The SMILES string of the molecule is Cl.O=C(/C=C/c1c[nH]c2ccccc12)NCCCCN1CCc2ccc(OS(=O)(=O)C(F)(F)F)cc2C1. The second kappa shape index (κ2) is 12.0. The number of carbonyl (C=O) groups is 1. The minimum Gasteiger partial charge on any atom is -0.376 e. The minimum absolute atomic E-state index is 0. The first-order chi connectivity index (χ1) is 17.1. The molecule has 2 aromatic carbocycles. The molecule has 0 saturated carbocycles. The molecule has 0 bridgehead atoms. The second-order valence-corrected chi connectivity index (χ2v) is 10.1. The largest absolute Gasteiger partial charge is 0.534 e. The van der Waals surface area contributed by atoms with Gasteiger partial charge in [0, 0.05) is 42.8 Å². The monoisotopic (exact) mass is 557 g/mol. The lowest BCUT2D eigenvalue weighted by molar-refractivity contribution is -0.116. The molecule has 1 aliphatic heterocycles. The number of aromatic nitrogens is 1. The number of fused-ring (bicyclic) bond motifs is 2. The number of carbonyl (C=O) groups excluding carboxylic acids is 1. The predicted octanol–water partition coefficient (Wildman–Crippen LogP) is 4.79. The molecule has 0 aliphatic carbocycles. The van der Waals surface area contributed by atoms with Crippen LogP contribution in [0.1, 0.15) is 29.5 Å². The van der Waals surface area contributed by atoms with E-state index < -0.39 is 15.6 Å². The maximum absolute atomic E-state index is 12.6. The van der Waals surface area contributed by atoms with Gasteiger partial charge in [-0.2, -0.15) is 21.6 Å². The molecule has 200 valence electrons. The summed E-state index contributed by atoms with van der Waals surface area (Å²) < 4.78 is 64.5. The van der Waals surface area contributed by atoms with Crippen LogP contribution in [0.4, 0.5) is 13.2 Å². The lowest BCUT2D eigenvalue weighted by Crippen LogP contribution is -2.32. The summed E-state index contributed by atoms with van der Waals surface area (Å²) in [5.41, 5.74) is -1.83. The highest BCUT2D eigenvalue weighted by atomic mass is 35.5. The number of para-hydroxylation sites is 1. The highest BCUT2D eigenvalue weighted by Gasteiger charge is 2.48. The van der Waals surface area contributed by atoms with Crippen LogP contribution in [0.2, 0.25) is 0 Å². The molecule has 1 aliphatic rings. The van der Waals surface area contributed by atoms with Gasteiger partial charge in [0.15, 0.2) is 0 Å². The van der Waals surface area contributed by atoms with Crippen molar-refractivity contribution < 1.29 is 30.6 Å². The topological polar surface area (TPSA) is 91.5 Å². The van der Waals surface area contributed by atoms with Gasteiger partial charge in [-0.25, -0.2) is 0 Å². The number of alkyl halides is 3. The first-order valence-corrected chi connectivity index (χ1v) is 12.9. The van der Waals surface area contributed by atoms with E-state index in [-0.39, 0.29) is 24.1 Å². The number of benzene rings is 2. The number of hydrogen-bond acceptors (Lipinski definition) is 5. The molecular weight excluding hydrogens is 531 g/mol. The van der Waals surface area contributed by atoms with Crippen molar-refractivity contribution >= 4 is 45.4 Å². The molecule has 0 radical (unpaired) electrons. The summed E-state index contributed by atoms with van der Waals surface area (Å²) >= 11 is 0. The third-order valence-electron chi connectivity index (χ3n) is 5.99. The summed E-state index contributed by atoms with van der Waals surface area (Å²) in [5.74, 6) is -0.523. The Morgan fingerprint density at radius 3 is 2.70 bits per heavy atom. The molecule has 37 heavy (non-hydrogen) atoms. The second-order valence-electron chi connectivity index (χ2n) is 8.56. The zero-order valence-electron chi connectivity index (χ0n) is 19.8. The summed E-state index contributed by atoms with van der Waals surface area (Å²) in [5, 5.41) is 3.91. The zero-order chi connectivity index (χ0) is 25.8. The number of unbranched alkanes of at least 4 members (excludes halogenated alkanes) is 1. The van der Waals surface area contributed by atoms with E-state index in [1.165, 1.54) is 18.2 Å². The Bertz CT molecular complexity index is 1370. The Hall–Kier alpha value is -3.02. The fraction of sp³-hybridized carbons (Fsp3) is 0.320. The van der Waals surface area contributed by atoms with E-state index in [9.17, 15) is 26.4 Å². The molecule has 0 saturated heterocycles. The predicted molar refractivity (Wildman–Crippen MR) is 138 cm³/mol. The van der Waals surface area contributed by atoms with Gasteiger partial charge in [0.25, 0.3) is 0 Å². The Kier molecular flexibility index (Phi) is 9.27. The quantitative estimate of drug-likeness (QED) is 0.171. The highest BCUT2D eigenvalue weighted by Crippen LogP contribution is 2.29. The normalized spacial score (nSPS) is 14.4. The molecular formula is C25H27ClF3N3O4S. The van der Waals surface area contributed by atoms with Crippen LogP contribution in [-0.4, -0.2) is 49.4 Å². The molecule has 12 heteroatoms. The van der Waals surface area contributed by atoms with E-state index in [2.05, 4.69) is 19.4 Å². The van der Waals surface area contributed by atoms with Gasteiger partial charge in [-0.05, 0) is 66.8 Å². The van der Waals surface area contributed by atoms with Crippen molar-refractivity contribution in [3.63, 3.8) is 0 Å². The molecule has 7 nitrogen and oxygen atoms in total. The first kappa shape index (κ1) is 28.5. The number of H-pyrrole nitrogens is 1. The average molecular weight is 558 g/mol. The maximum Gasteiger partial charge on any atom is 0.534 e. The van der Waals surface area contributed by atoms with Crippen molar-refractivity contribution in [3.8, 4) is 5.75 Å². The van der Waals surface area contributed by atoms with Gasteiger partial charge in [-0.3, -0.25) is 9.69 Å². The summed E-state index contributed by atoms with van der Waals surface area (Å²) in [4.78, 5) is 17.4. The molecule has 3 aromatic rings. The van der Waals surface area contributed by atoms with Crippen LogP contribution < -0.4 is 9.50 Å². The summed E-state index contributed by atoms with van der Waals surface area (Å²) in [6.07, 6.45) is 7.43. The van der Waals surface area contributed by atoms with Crippen LogP contribution in [0.5, 0.6) is 5.75 Å². The number of nitrogens with one attached hydrogen (secondary N) is 2. The zero-order valence-corrected chi connectivity index (χ0v) is 21.4. The lowest BCUT2D eigenvalue weighted by atomic mass is 9.99. The van der Waals surface area contributed by atoms with Gasteiger partial charge >= 0.3 is 15.6 Å². The minimum atomic E-state index is -5.70. The van der Waals surface area contributed by atoms with Crippen LogP contribution in [0, 0.1) is 0 Å². The molecule has 2 heterocycles. The molecule has 1 amide bonds. The van der Waals surface area contributed by atoms with Crippen molar-refractivity contribution in [2.24, 2.45) is 0 Å². The van der Waals surface area contributed by atoms with E-state index in [0.29, 0.717) is 19.5 Å². The number of rotatable bonds is 9. The van der Waals surface area contributed by atoms with Crippen molar-refractivity contribution in [2.45, 2.75) is 31.3 Å². The van der Waals surface area contributed by atoms with Crippen LogP contribution in [0.15, 0.2) is 54.7 Å². The van der Waals surface area contributed by atoms with Crippen molar-refractivity contribution in [1.82, 2.24) is 15.2 Å². The Balaban J connectivity index is 0.00000380. The molecule has 0 fully saturated rings. The smallest absolute Gasteiger partial charge is 0.376 e. The first-order valence-electron chi connectivity index (χ1n) is 11.5. The van der Waals surface area contributed by atoms with Crippen LogP contribution in [-0.2, 0) is 27.9 Å². The summed E-state index contributed by atoms with van der Waals surface area (Å²) in [7, 11) is -5.70. The molecule has 1 aromatic heterocycles. The molecule has 0 unspecified atom stereocenters. The number of nitrogens with zero attached hydrogens (tertiary/aromatic N) is 1. The van der Waals surface area contributed by atoms with Crippen molar-refractivity contribution in [1.29, 1.82) is 0 Å². The molecule has 0 atom stereocenters.